The van der Waals surface area contributed by atoms with Crippen molar-refractivity contribution in [1.82, 2.24) is 15.6 Å². The molecule has 0 saturated heterocycles. The monoisotopic (exact) mass is 294 g/mol. The molecule has 0 spiro atoms. The van der Waals surface area contributed by atoms with Crippen LogP contribution in [-0.2, 0) is 6.42 Å². The molecule has 1 aliphatic carbocycles. The summed E-state index contributed by atoms with van der Waals surface area (Å²) in [4.78, 5) is 8.78. The molecule has 0 bridgehead atoms. The molecule has 1 aromatic rings. The van der Waals surface area contributed by atoms with E-state index in [4.69, 9.17) is 0 Å². The lowest BCUT2D eigenvalue weighted by molar-refractivity contribution is 0.607. The van der Waals surface area contributed by atoms with Gasteiger partial charge in [-0.25, -0.2) is 4.98 Å². The Bertz CT molecular complexity index is 421. The van der Waals surface area contributed by atoms with E-state index in [1.165, 1.54) is 37.1 Å². The Morgan fingerprint density at radius 1 is 1.40 bits per heavy atom. The first-order chi connectivity index (χ1) is 9.78. The molecule has 2 rings (SSSR count). The second kappa shape index (κ2) is 8.25. The third-order valence-corrected chi connectivity index (χ3v) is 4.72. The largest absolute Gasteiger partial charge is 0.356 e. The standard InChI is InChI=1S/C15H26N4S/c1-12-11-20-14(18-12)9-5-6-10-17-15(16-2)19-13-7-3-4-8-13/h11,13H,3-10H2,1-2H3,(H2,16,17,19). The maximum absolute atomic E-state index is 4.49. The van der Waals surface area contributed by atoms with Gasteiger partial charge >= 0.3 is 0 Å². The van der Waals surface area contributed by atoms with E-state index >= 15 is 0 Å². The number of rotatable bonds is 6. The molecule has 2 N–H and O–H groups in total. The van der Waals surface area contributed by atoms with Gasteiger partial charge in [-0.3, -0.25) is 4.99 Å². The first kappa shape index (κ1) is 15.3. The van der Waals surface area contributed by atoms with Crippen molar-refractivity contribution in [3.63, 3.8) is 0 Å². The molecule has 0 atom stereocenters. The van der Waals surface area contributed by atoms with Gasteiger partial charge in [0.1, 0.15) is 0 Å². The molecule has 1 saturated carbocycles. The molecule has 5 heteroatoms. The average molecular weight is 294 g/mol. The molecule has 112 valence electrons. The fourth-order valence-corrected chi connectivity index (χ4v) is 3.40. The van der Waals surface area contributed by atoms with Gasteiger partial charge in [-0.05, 0) is 39.0 Å². The summed E-state index contributed by atoms with van der Waals surface area (Å²) in [5.74, 6) is 0.960. The highest BCUT2D eigenvalue weighted by atomic mass is 32.1. The summed E-state index contributed by atoms with van der Waals surface area (Å²) in [6, 6.07) is 0.625. The van der Waals surface area contributed by atoms with Crippen LogP contribution in [0.1, 0.15) is 49.2 Å². The Labute approximate surface area is 126 Å². The topological polar surface area (TPSA) is 49.3 Å². The molecule has 0 aromatic carbocycles. The van der Waals surface area contributed by atoms with Gasteiger partial charge in [0.05, 0.1) is 5.01 Å². The molecule has 1 fully saturated rings. The Morgan fingerprint density at radius 3 is 2.85 bits per heavy atom. The van der Waals surface area contributed by atoms with Crippen LogP contribution in [0, 0.1) is 6.92 Å². The van der Waals surface area contributed by atoms with E-state index < -0.39 is 0 Å². The Morgan fingerprint density at radius 2 is 2.20 bits per heavy atom. The quantitative estimate of drug-likeness (QED) is 0.482. The molecule has 0 aliphatic heterocycles. The summed E-state index contributed by atoms with van der Waals surface area (Å²) in [6.45, 7) is 3.04. The lowest BCUT2D eigenvalue weighted by Gasteiger charge is -2.16. The number of aryl methyl sites for hydroxylation is 2. The summed E-state index contributed by atoms with van der Waals surface area (Å²) in [5.41, 5.74) is 1.14. The van der Waals surface area contributed by atoms with Crippen molar-refractivity contribution in [2.75, 3.05) is 13.6 Å². The van der Waals surface area contributed by atoms with Crippen LogP contribution in [0.25, 0.3) is 0 Å². The zero-order valence-electron chi connectivity index (χ0n) is 12.6. The number of nitrogens with zero attached hydrogens (tertiary/aromatic N) is 2. The lowest BCUT2D eigenvalue weighted by atomic mass is 10.2. The van der Waals surface area contributed by atoms with E-state index in [1.807, 2.05) is 7.05 Å². The zero-order chi connectivity index (χ0) is 14.2. The van der Waals surface area contributed by atoms with Gasteiger partial charge in [0.15, 0.2) is 5.96 Å². The van der Waals surface area contributed by atoms with Gasteiger partial charge in [0, 0.05) is 30.7 Å². The van der Waals surface area contributed by atoms with Crippen molar-refractivity contribution in [3.8, 4) is 0 Å². The SMILES string of the molecule is CN=C(NCCCCc1nc(C)cs1)NC1CCCC1. The highest BCUT2D eigenvalue weighted by molar-refractivity contribution is 7.09. The minimum atomic E-state index is 0.625. The maximum atomic E-state index is 4.49. The first-order valence-electron chi connectivity index (χ1n) is 7.66. The minimum absolute atomic E-state index is 0.625. The first-order valence-corrected chi connectivity index (χ1v) is 8.54. The highest BCUT2D eigenvalue weighted by Crippen LogP contribution is 2.17. The molecule has 1 aliphatic rings. The van der Waals surface area contributed by atoms with Crippen molar-refractivity contribution in [2.24, 2.45) is 4.99 Å². The number of hydrogen-bond donors (Lipinski definition) is 2. The van der Waals surface area contributed by atoms with Crippen molar-refractivity contribution in [1.29, 1.82) is 0 Å². The third-order valence-electron chi connectivity index (χ3n) is 3.70. The molecule has 1 aromatic heterocycles. The Hall–Kier alpha value is -1.10. The number of thiazole rings is 1. The van der Waals surface area contributed by atoms with Gasteiger partial charge in [0.25, 0.3) is 0 Å². The Kier molecular flexibility index (Phi) is 6.30. The second-order valence-corrected chi connectivity index (χ2v) is 6.41. The molecule has 20 heavy (non-hydrogen) atoms. The molecule has 4 nitrogen and oxygen atoms in total. The fraction of sp³-hybridized carbons (Fsp3) is 0.733. The number of guanidine groups is 1. The fourth-order valence-electron chi connectivity index (χ4n) is 2.58. The summed E-state index contributed by atoms with van der Waals surface area (Å²) < 4.78 is 0. The maximum Gasteiger partial charge on any atom is 0.191 e. The summed E-state index contributed by atoms with van der Waals surface area (Å²) >= 11 is 1.77. The van der Waals surface area contributed by atoms with E-state index in [2.05, 4.69) is 32.9 Å². The van der Waals surface area contributed by atoms with Gasteiger partial charge in [-0.1, -0.05) is 12.8 Å². The number of aliphatic imine (C=N–C) groups is 1. The summed E-state index contributed by atoms with van der Waals surface area (Å²) in [5, 5.41) is 10.3. The van der Waals surface area contributed by atoms with Crippen molar-refractivity contribution in [3.05, 3.63) is 16.1 Å². The number of nitrogens with one attached hydrogen (secondary N) is 2. The van der Waals surface area contributed by atoms with Gasteiger partial charge < -0.3 is 10.6 Å². The molecule has 0 unspecified atom stereocenters. The third kappa shape index (κ3) is 5.12. The van der Waals surface area contributed by atoms with Crippen LogP contribution in [0.4, 0.5) is 0 Å². The number of hydrogen-bond acceptors (Lipinski definition) is 3. The van der Waals surface area contributed by atoms with Crippen molar-refractivity contribution in [2.45, 2.75) is 57.9 Å². The number of aromatic nitrogens is 1. The normalized spacial score (nSPS) is 16.6. The predicted octanol–water partition coefficient (Wildman–Crippen LogP) is 2.88. The van der Waals surface area contributed by atoms with Crippen LogP contribution in [0.5, 0.6) is 0 Å². The van der Waals surface area contributed by atoms with E-state index in [0.717, 1.165) is 31.0 Å². The average Bonchev–Trinajstić information content (AvgIpc) is 3.09. The van der Waals surface area contributed by atoms with Crippen LogP contribution < -0.4 is 10.6 Å². The minimum Gasteiger partial charge on any atom is -0.356 e. The molecular formula is C15H26N4S. The summed E-state index contributed by atoms with van der Waals surface area (Å²) in [6.07, 6.45) is 8.69. The van der Waals surface area contributed by atoms with E-state index in [-0.39, 0.29) is 0 Å². The van der Waals surface area contributed by atoms with Crippen LogP contribution >= 0.6 is 11.3 Å². The zero-order valence-corrected chi connectivity index (χ0v) is 13.4. The predicted molar refractivity (Wildman–Crippen MR) is 86.5 cm³/mol. The van der Waals surface area contributed by atoms with Gasteiger partial charge in [-0.15, -0.1) is 11.3 Å². The van der Waals surface area contributed by atoms with Crippen LogP contribution in [-0.4, -0.2) is 30.6 Å². The molecule has 1 heterocycles. The van der Waals surface area contributed by atoms with Gasteiger partial charge in [0.2, 0.25) is 0 Å². The smallest absolute Gasteiger partial charge is 0.191 e. The van der Waals surface area contributed by atoms with Crippen LogP contribution in [0.3, 0.4) is 0 Å². The van der Waals surface area contributed by atoms with E-state index in [9.17, 15) is 0 Å². The second-order valence-electron chi connectivity index (χ2n) is 5.46. The highest BCUT2D eigenvalue weighted by Gasteiger charge is 2.15. The molecule has 0 radical (unpaired) electrons. The van der Waals surface area contributed by atoms with E-state index in [0.29, 0.717) is 6.04 Å². The van der Waals surface area contributed by atoms with Crippen molar-refractivity contribution >= 4 is 17.3 Å². The molecule has 0 amide bonds. The Balaban J connectivity index is 1.57. The van der Waals surface area contributed by atoms with E-state index in [1.54, 1.807) is 11.3 Å². The van der Waals surface area contributed by atoms with Gasteiger partial charge in [-0.2, -0.15) is 0 Å². The summed E-state index contributed by atoms with van der Waals surface area (Å²) in [7, 11) is 1.85. The lowest BCUT2D eigenvalue weighted by Crippen LogP contribution is -2.42. The molecular weight excluding hydrogens is 268 g/mol. The van der Waals surface area contributed by atoms with Crippen LogP contribution in [0.2, 0.25) is 0 Å². The van der Waals surface area contributed by atoms with Crippen LogP contribution in [0.15, 0.2) is 10.4 Å². The van der Waals surface area contributed by atoms with Crippen molar-refractivity contribution < 1.29 is 0 Å². The number of unbranched alkanes of at least 4 members (excludes halogenated alkanes) is 1.